The van der Waals surface area contributed by atoms with Crippen LogP contribution >= 0.6 is 0 Å². The molecule has 0 spiro atoms. The topological polar surface area (TPSA) is 77.9 Å². The van der Waals surface area contributed by atoms with Gasteiger partial charge in [-0.15, -0.1) is 0 Å². The van der Waals surface area contributed by atoms with Crippen LogP contribution in [0.15, 0.2) is 78.9 Å². The van der Waals surface area contributed by atoms with Gasteiger partial charge in [-0.05, 0) is 42.2 Å². The zero-order chi connectivity index (χ0) is 24.8. The Morgan fingerprint density at radius 1 is 0.886 bits per heavy atom. The molecule has 1 N–H and O–H groups in total. The minimum Gasteiger partial charge on any atom is -0.481 e. The van der Waals surface area contributed by atoms with Gasteiger partial charge in [0.15, 0.2) is 0 Å². The molecule has 0 unspecified atom stereocenters. The monoisotopic (exact) mass is 470 g/mol. The van der Waals surface area contributed by atoms with E-state index in [-0.39, 0.29) is 24.8 Å². The molecule has 1 atom stereocenters. The molecular formula is C29H30N2O4. The van der Waals surface area contributed by atoms with Gasteiger partial charge in [0.2, 0.25) is 5.91 Å². The van der Waals surface area contributed by atoms with E-state index in [0.717, 1.165) is 22.3 Å². The number of rotatable bonds is 8. The number of benzene rings is 3. The number of aryl methyl sites for hydroxylation is 1. The predicted octanol–water partition coefficient (Wildman–Crippen LogP) is 4.11. The second kappa shape index (κ2) is 11.0. The molecule has 2 amide bonds. The van der Waals surface area contributed by atoms with Gasteiger partial charge in [-0.1, -0.05) is 72.3 Å². The Bertz CT molecular complexity index is 1190. The second-order valence-electron chi connectivity index (χ2n) is 8.99. The van der Waals surface area contributed by atoms with E-state index in [1.165, 1.54) is 0 Å². The van der Waals surface area contributed by atoms with Gasteiger partial charge in [0, 0.05) is 31.6 Å². The lowest BCUT2D eigenvalue weighted by Crippen LogP contribution is -2.54. The van der Waals surface area contributed by atoms with Gasteiger partial charge in [-0.25, -0.2) is 0 Å². The van der Waals surface area contributed by atoms with Crippen LogP contribution in [0.2, 0.25) is 0 Å². The van der Waals surface area contributed by atoms with Crippen molar-refractivity contribution in [3.05, 3.63) is 107 Å². The van der Waals surface area contributed by atoms with Crippen LogP contribution in [0, 0.1) is 6.92 Å². The number of fused-ring (bicyclic) bond motifs is 1. The Morgan fingerprint density at radius 2 is 1.54 bits per heavy atom. The number of aliphatic carboxylic acids is 1. The van der Waals surface area contributed by atoms with Crippen LogP contribution in [-0.2, 0) is 29.0 Å². The Hall–Kier alpha value is -3.93. The Morgan fingerprint density at radius 3 is 2.23 bits per heavy atom. The molecule has 6 heteroatoms. The van der Waals surface area contributed by atoms with E-state index < -0.39 is 12.0 Å². The first-order chi connectivity index (χ1) is 16.9. The molecule has 6 nitrogen and oxygen atoms in total. The van der Waals surface area contributed by atoms with E-state index in [9.17, 15) is 19.5 Å². The smallest absolute Gasteiger partial charge is 0.305 e. The fourth-order valence-electron chi connectivity index (χ4n) is 4.50. The number of carboxylic acid groups (broad SMARTS) is 1. The largest absolute Gasteiger partial charge is 0.481 e. The number of carboxylic acids is 1. The van der Waals surface area contributed by atoms with Gasteiger partial charge in [-0.3, -0.25) is 14.4 Å². The summed E-state index contributed by atoms with van der Waals surface area (Å²) < 4.78 is 0. The summed E-state index contributed by atoms with van der Waals surface area (Å²) in [5, 5.41) is 9.28. The Kier molecular flexibility index (Phi) is 7.60. The van der Waals surface area contributed by atoms with Crippen LogP contribution in [-0.4, -0.2) is 51.8 Å². The summed E-state index contributed by atoms with van der Waals surface area (Å²) in [7, 11) is 0. The van der Waals surface area contributed by atoms with Crippen molar-refractivity contribution in [1.29, 1.82) is 0 Å². The SMILES string of the molecule is Cc1ccc(C(=O)N2Cc3ccccc3C[C@@H]2C(=O)N(CCC(=O)O)CCc2ccccc2)cc1. The molecule has 0 saturated heterocycles. The maximum Gasteiger partial charge on any atom is 0.305 e. The van der Waals surface area contributed by atoms with Crippen molar-refractivity contribution in [2.75, 3.05) is 13.1 Å². The van der Waals surface area contributed by atoms with E-state index in [1.54, 1.807) is 21.9 Å². The third kappa shape index (κ3) is 5.96. The lowest BCUT2D eigenvalue weighted by molar-refractivity contribution is -0.140. The second-order valence-corrected chi connectivity index (χ2v) is 8.99. The molecule has 0 saturated carbocycles. The number of hydrogen-bond acceptors (Lipinski definition) is 3. The molecule has 0 bridgehead atoms. The van der Waals surface area contributed by atoms with Crippen LogP contribution in [0.25, 0.3) is 0 Å². The zero-order valence-corrected chi connectivity index (χ0v) is 19.9. The van der Waals surface area contributed by atoms with Crippen molar-refractivity contribution in [3.63, 3.8) is 0 Å². The van der Waals surface area contributed by atoms with Crippen LogP contribution in [0.1, 0.15) is 39.0 Å². The summed E-state index contributed by atoms with van der Waals surface area (Å²) in [6.07, 6.45) is 0.874. The molecule has 1 aliphatic rings. The van der Waals surface area contributed by atoms with Gasteiger partial charge in [0.1, 0.15) is 6.04 Å². The molecule has 0 radical (unpaired) electrons. The molecule has 4 rings (SSSR count). The lowest BCUT2D eigenvalue weighted by atomic mass is 9.92. The van der Waals surface area contributed by atoms with Gasteiger partial charge in [0.05, 0.1) is 6.42 Å². The number of hydrogen-bond donors (Lipinski definition) is 1. The van der Waals surface area contributed by atoms with Gasteiger partial charge >= 0.3 is 5.97 Å². The van der Waals surface area contributed by atoms with Crippen molar-refractivity contribution in [1.82, 2.24) is 9.80 Å². The maximum absolute atomic E-state index is 13.9. The first kappa shape index (κ1) is 24.2. The molecule has 3 aromatic carbocycles. The molecule has 1 aliphatic heterocycles. The highest BCUT2D eigenvalue weighted by molar-refractivity contribution is 5.98. The summed E-state index contributed by atoms with van der Waals surface area (Å²) in [5.41, 5.74) is 4.73. The average Bonchev–Trinajstić information content (AvgIpc) is 2.88. The molecule has 3 aromatic rings. The van der Waals surface area contributed by atoms with E-state index in [0.29, 0.717) is 31.5 Å². The first-order valence-electron chi connectivity index (χ1n) is 11.9. The summed E-state index contributed by atoms with van der Waals surface area (Å²) in [4.78, 5) is 42.0. The van der Waals surface area contributed by atoms with Crippen LogP contribution in [0.3, 0.4) is 0 Å². The summed E-state index contributed by atoms with van der Waals surface area (Å²) in [6.45, 7) is 2.79. The van der Waals surface area contributed by atoms with E-state index >= 15 is 0 Å². The van der Waals surface area contributed by atoms with Crippen LogP contribution in [0.4, 0.5) is 0 Å². The fraction of sp³-hybridized carbons (Fsp3) is 0.276. The van der Waals surface area contributed by atoms with E-state index in [1.807, 2.05) is 73.7 Å². The number of nitrogens with zero attached hydrogens (tertiary/aromatic N) is 2. The van der Waals surface area contributed by atoms with Crippen molar-refractivity contribution in [2.24, 2.45) is 0 Å². The van der Waals surface area contributed by atoms with E-state index in [4.69, 9.17) is 0 Å². The van der Waals surface area contributed by atoms with E-state index in [2.05, 4.69) is 0 Å². The van der Waals surface area contributed by atoms with Crippen LogP contribution < -0.4 is 0 Å². The standard InChI is InChI=1S/C29H30N2O4/c1-21-11-13-23(14-12-21)28(34)31-20-25-10-6-5-9-24(25)19-26(31)29(35)30(18-16-27(32)33)17-15-22-7-3-2-4-8-22/h2-14,26H,15-20H2,1H3,(H,32,33)/t26-/m1/s1. The van der Waals surface area contributed by atoms with Crippen molar-refractivity contribution in [2.45, 2.75) is 38.8 Å². The van der Waals surface area contributed by atoms with Crippen molar-refractivity contribution >= 4 is 17.8 Å². The average molecular weight is 471 g/mol. The molecule has 35 heavy (non-hydrogen) atoms. The third-order valence-corrected chi connectivity index (χ3v) is 6.51. The lowest BCUT2D eigenvalue weighted by Gasteiger charge is -2.38. The number of carbonyl (C=O) groups excluding carboxylic acids is 2. The van der Waals surface area contributed by atoms with Gasteiger partial charge < -0.3 is 14.9 Å². The normalized spacial score (nSPS) is 14.8. The Balaban J connectivity index is 1.62. The predicted molar refractivity (Wildman–Crippen MR) is 134 cm³/mol. The van der Waals surface area contributed by atoms with Gasteiger partial charge in [0.25, 0.3) is 5.91 Å². The highest BCUT2D eigenvalue weighted by Gasteiger charge is 2.37. The molecule has 1 heterocycles. The third-order valence-electron chi connectivity index (χ3n) is 6.51. The Labute approximate surface area is 205 Å². The van der Waals surface area contributed by atoms with Crippen LogP contribution in [0.5, 0.6) is 0 Å². The molecule has 0 aromatic heterocycles. The minimum absolute atomic E-state index is 0.103. The zero-order valence-electron chi connectivity index (χ0n) is 19.9. The molecule has 0 fully saturated rings. The van der Waals surface area contributed by atoms with Crippen molar-refractivity contribution in [3.8, 4) is 0 Å². The maximum atomic E-state index is 13.9. The highest BCUT2D eigenvalue weighted by atomic mass is 16.4. The highest BCUT2D eigenvalue weighted by Crippen LogP contribution is 2.26. The quantitative estimate of drug-likeness (QED) is 0.538. The number of carbonyl (C=O) groups is 3. The fourth-order valence-corrected chi connectivity index (χ4v) is 4.50. The summed E-state index contributed by atoms with van der Waals surface area (Å²) >= 11 is 0. The molecule has 0 aliphatic carbocycles. The van der Waals surface area contributed by atoms with Gasteiger partial charge in [-0.2, -0.15) is 0 Å². The first-order valence-corrected chi connectivity index (χ1v) is 11.9. The molecular weight excluding hydrogens is 440 g/mol. The summed E-state index contributed by atoms with van der Waals surface area (Å²) in [6, 6.07) is 24.3. The minimum atomic E-state index is -0.955. The molecule has 180 valence electrons. The number of amides is 2. The van der Waals surface area contributed by atoms with Crippen molar-refractivity contribution < 1.29 is 19.5 Å². The summed E-state index contributed by atoms with van der Waals surface area (Å²) in [5.74, 6) is -1.36.